The molecule has 1 aromatic carbocycles. The second kappa shape index (κ2) is 7.28. The van der Waals surface area contributed by atoms with Gasteiger partial charge in [0, 0.05) is 32.2 Å². The molecule has 0 atom stereocenters. The van der Waals surface area contributed by atoms with Crippen molar-refractivity contribution in [3.63, 3.8) is 0 Å². The summed E-state index contributed by atoms with van der Waals surface area (Å²) in [6, 6.07) is 2.31. The Labute approximate surface area is 150 Å². The largest absolute Gasteiger partial charge is 0.494 e. The molecule has 1 saturated heterocycles. The zero-order valence-corrected chi connectivity index (χ0v) is 15.0. The van der Waals surface area contributed by atoms with E-state index in [4.69, 9.17) is 9.15 Å². The average Bonchev–Trinajstić information content (AvgIpc) is 2.92. The topological polar surface area (TPSA) is 84.9 Å². The Bertz CT molecular complexity index is 796. The summed E-state index contributed by atoms with van der Waals surface area (Å²) in [5, 5.41) is 11.3. The minimum absolute atomic E-state index is 0.00114. The van der Waals surface area contributed by atoms with Crippen molar-refractivity contribution in [1.82, 2.24) is 9.88 Å². The summed E-state index contributed by atoms with van der Waals surface area (Å²) in [7, 11) is 1.34. The Kier molecular flexibility index (Phi) is 5.08. The van der Waals surface area contributed by atoms with E-state index in [2.05, 4.69) is 9.88 Å². The molecule has 0 bridgehead atoms. The van der Waals surface area contributed by atoms with Gasteiger partial charge in [-0.1, -0.05) is 0 Å². The zero-order valence-electron chi connectivity index (χ0n) is 15.0. The molecule has 1 fully saturated rings. The number of hydrogen-bond acceptors (Lipinski definition) is 7. The predicted molar refractivity (Wildman–Crippen MR) is 93.1 cm³/mol. The van der Waals surface area contributed by atoms with Crippen LogP contribution in [0, 0.1) is 29.8 Å². The Balaban J connectivity index is 1.72. The highest BCUT2D eigenvalue weighted by Crippen LogP contribution is 2.35. The van der Waals surface area contributed by atoms with Gasteiger partial charge >= 0.3 is 0 Å². The number of hydrogen-bond donors (Lipinski definition) is 0. The van der Waals surface area contributed by atoms with E-state index in [-0.39, 0.29) is 11.4 Å². The first-order valence-electron chi connectivity index (χ1n) is 8.31. The normalized spacial score (nSPS) is 15.3. The van der Waals surface area contributed by atoms with E-state index in [0.29, 0.717) is 44.3 Å². The van der Waals surface area contributed by atoms with Crippen molar-refractivity contribution < 1.29 is 18.5 Å². The molecule has 0 N–H and O–H groups in total. The van der Waals surface area contributed by atoms with Crippen LogP contribution in [0.15, 0.2) is 16.5 Å². The van der Waals surface area contributed by atoms with Crippen molar-refractivity contribution in [2.45, 2.75) is 20.4 Å². The maximum atomic E-state index is 13.8. The van der Waals surface area contributed by atoms with E-state index < -0.39 is 10.7 Å². The summed E-state index contributed by atoms with van der Waals surface area (Å²) in [5.41, 5.74) is 0.999. The molecule has 0 aliphatic carbocycles. The fraction of sp³-hybridized carbons (Fsp3) is 0.471. The van der Waals surface area contributed by atoms with Crippen molar-refractivity contribution >= 4 is 11.4 Å². The van der Waals surface area contributed by atoms with Crippen molar-refractivity contribution in [2.24, 2.45) is 0 Å². The maximum Gasteiger partial charge on any atom is 0.295 e. The molecule has 1 aromatic heterocycles. The molecule has 1 aliphatic heterocycles. The van der Waals surface area contributed by atoms with Crippen LogP contribution in [0.2, 0.25) is 0 Å². The average molecular weight is 364 g/mol. The van der Waals surface area contributed by atoms with Crippen LogP contribution in [0.1, 0.15) is 17.3 Å². The van der Waals surface area contributed by atoms with Crippen LogP contribution in [-0.2, 0) is 6.54 Å². The lowest BCUT2D eigenvalue weighted by atomic mass is 10.2. The molecule has 0 saturated carbocycles. The number of ether oxygens (including phenoxy) is 1. The van der Waals surface area contributed by atoms with Gasteiger partial charge < -0.3 is 14.1 Å². The van der Waals surface area contributed by atoms with E-state index in [0.717, 1.165) is 17.5 Å². The number of nitro benzene ring substituents is 1. The number of aromatic nitrogens is 1. The highest BCUT2D eigenvalue weighted by Gasteiger charge is 2.27. The number of halogens is 1. The third-order valence-electron chi connectivity index (χ3n) is 4.59. The molecule has 9 heteroatoms. The van der Waals surface area contributed by atoms with Crippen LogP contribution in [0.4, 0.5) is 15.8 Å². The van der Waals surface area contributed by atoms with Crippen molar-refractivity contribution in [1.29, 1.82) is 0 Å². The summed E-state index contributed by atoms with van der Waals surface area (Å²) in [6.45, 7) is 6.92. The summed E-state index contributed by atoms with van der Waals surface area (Å²) < 4.78 is 24.4. The van der Waals surface area contributed by atoms with Crippen LogP contribution >= 0.6 is 0 Å². The van der Waals surface area contributed by atoms with Gasteiger partial charge in [0.2, 0.25) is 5.89 Å². The molecule has 0 amide bonds. The van der Waals surface area contributed by atoms with Gasteiger partial charge in [0.1, 0.15) is 11.4 Å². The number of oxazole rings is 1. The minimum atomic E-state index is -0.740. The smallest absolute Gasteiger partial charge is 0.295 e. The van der Waals surface area contributed by atoms with Gasteiger partial charge in [-0.2, -0.15) is 0 Å². The molecule has 2 aromatic rings. The number of anilines is 1. The van der Waals surface area contributed by atoms with Crippen LogP contribution in [-0.4, -0.2) is 48.1 Å². The lowest BCUT2D eigenvalue weighted by molar-refractivity contribution is -0.384. The number of methoxy groups -OCH3 is 1. The highest BCUT2D eigenvalue weighted by molar-refractivity contribution is 5.66. The third kappa shape index (κ3) is 3.62. The molecular formula is C17H21FN4O4. The highest BCUT2D eigenvalue weighted by atomic mass is 19.1. The van der Waals surface area contributed by atoms with Crippen molar-refractivity contribution in [3.8, 4) is 5.75 Å². The fourth-order valence-corrected chi connectivity index (χ4v) is 3.03. The first kappa shape index (κ1) is 18.1. The number of aryl methyl sites for hydroxylation is 2. The van der Waals surface area contributed by atoms with Gasteiger partial charge in [0.15, 0.2) is 11.6 Å². The van der Waals surface area contributed by atoms with Gasteiger partial charge in [-0.25, -0.2) is 9.37 Å². The standard InChI is InChI=1S/C17H21FN4O4/c1-11-12(2)26-17(19-11)10-20-4-6-21(7-5-20)14-9-16(25-3)13(18)8-15(14)22(23)24/h8-9H,4-7,10H2,1-3H3. The van der Waals surface area contributed by atoms with E-state index in [1.54, 1.807) is 0 Å². The molecule has 8 nitrogen and oxygen atoms in total. The Morgan fingerprint density at radius 3 is 2.54 bits per heavy atom. The lowest BCUT2D eigenvalue weighted by Crippen LogP contribution is -2.46. The summed E-state index contributed by atoms with van der Waals surface area (Å²) >= 11 is 0. The van der Waals surface area contributed by atoms with E-state index in [1.807, 2.05) is 18.7 Å². The summed E-state index contributed by atoms with van der Waals surface area (Å²) in [4.78, 5) is 19.2. The Morgan fingerprint density at radius 2 is 2.00 bits per heavy atom. The van der Waals surface area contributed by atoms with Crippen LogP contribution < -0.4 is 9.64 Å². The molecule has 140 valence electrons. The number of piperazine rings is 1. The fourth-order valence-electron chi connectivity index (χ4n) is 3.03. The monoisotopic (exact) mass is 364 g/mol. The lowest BCUT2D eigenvalue weighted by Gasteiger charge is -2.35. The molecular weight excluding hydrogens is 343 g/mol. The van der Waals surface area contributed by atoms with Crippen LogP contribution in [0.5, 0.6) is 5.75 Å². The molecule has 26 heavy (non-hydrogen) atoms. The van der Waals surface area contributed by atoms with Crippen LogP contribution in [0.25, 0.3) is 0 Å². The number of rotatable bonds is 5. The third-order valence-corrected chi connectivity index (χ3v) is 4.59. The second-order valence-corrected chi connectivity index (χ2v) is 6.24. The first-order chi connectivity index (χ1) is 12.4. The molecule has 0 spiro atoms. The quantitative estimate of drug-likeness (QED) is 0.595. The van der Waals surface area contributed by atoms with Crippen molar-refractivity contribution in [2.75, 3.05) is 38.2 Å². The molecule has 0 radical (unpaired) electrons. The second-order valence-electron chi connectivity index (χ2n) is 6.24. The SMILES string of the molecule is COc1cc(N2CCN(Cc3nc(C)c(C)o3)CC2)c([N+](=O)[O-])cc1F. The number of nitrogens with zero attached hydrogens (tertiary/aromatic N) is 4. The van der Waals surface area contributed by atoms with Gasteiger partial charge in [-0.3, -0.25) is 15.0 Å². The van der Waals surface area contributed by atoms with Gasteiger partial charge in [-0.05, 0) is 13.8 Å². The van der Waals surface area contributed by atoms with Crippen LogP contribution in [0.3, 0.4) is 0 Å². The first-order valence-corrected chi connectivity index (χ1v) is 8.31. The van der Waals surface area contributed by atoms with Gasteiger partial charge in [0.25, 0.3) is 5.69 Å². The Hall–Kier alpha value is -2.68. The number of benzene rings is 1. The number of nitro groups is 1. The predicted octanol–water partition coefficient (Wildman–Crippen LogP) is 2.67. The summed E-state index contributed by atoms with van der Waals surface area (Å²) in [6.07, 6.45) is 0. The Morgan fingerprint density at radius 1 is 1.31 bits per heavy atom. The molecule has 1 aliphatic rings. The van der Waals surface area contributed by atoms with Gasteiger partial charge in [0.05, 0.1) is 30.3 Å². The van der Waals surface area contributed by atoms with Crippen molar-refractivity contribution in [3.05, 3.63) is 45.4 Å². The van der Waals surface area contributed by atoms with E-state index >= 15 is 0 Å². The maximum absolute atomic E-state index is 13.8. The van der Waals surface area contributed by atoms with E-state index in [1.165, 1.54) is 13.2 Å². The molecule has 2 heterocycles. The summed E-state index contributed by atoms with van der Waals surface area (Å²) in [5.74, 6) is 0.741. The van der Waals surface area contributed by atoms with Gasteiger partial charge in [-0.15, -0.1) is 0 Å². The minimum Gasteiger partial charge on any atom is -0.494 e. The van der Waals surface area contributed by atoms with E-state index in [9.17, 15) is 14.5 Å². The zero-order chi connectivity index (χ0) is 18.8. The molecule has 3 rings (SSSR count). The molecule has 0 unspecified atom stereocenters.